The van der Waals surface area contributed by atoms with Gasteiger partial charge >= 0.3 is 0 Å². The molecule has 2 aliphatic rings. The Morgan fingerprint density at radius 3 is 2.65 bits per heavy atom. The number of hydrogen-bond donors (Lipinski definition) is 1. The SMILES string of the molecule is COc1ccc(C)cc1C(O)CN1CC2CCCC2C1. The van der Waals surface area contributed by atoms with E-state index in [1.54, 1.807) is 7.11 Å². The molecule has 3 nitrogen and oxygen atoms in total. The number of β-amino-alcohol motifs (C(OH)–C–C–N with tert-alkyl or cyclic N) is 1. The summed E-state index contributed by atoms with van der Waals surface area (Å²) < 4.78 is 5.38. The van der Waals surface area contributed by atoms with Gasteiger partial charge in [0.05, 0.1) is 13.2 Å². The Kier molecular flexibility index (Phi) is 3.99. The fourth-order valence-electron chi connectivity index (χ4n) is 3.94. The highest BCUT2D eigenvalue weighted by Gasteiger charge is 2.36. The third kappa shape index (κ3) is 2.70. The zero-order valence-electron chi connectivity index (χ0n) is 12.5. The molecular formula is C17H25NO2. The lowest BCUT2D eigenvalue weighted by Crippen LogP contribution is -2.27. The van der Waals surface area contributed by atoms with Gasteiger partial charge < -0.3 is 9.84 Å². The largest absolute Gasteiger partial charge is 0.496 e. The first kappa shape index (κ1) is 13.9. The fraction of sp³-hybridized carbons (Fsp3) is 0.647. The van der Waals surface area contributed by atoms with E-state index in [1.165, 1.54) is 19.3 Å². The van der Waals surface area contributed by atoms with Gasteiger partial charge in [0.2, 0.25) is 0 Å². The maximum absolute atomic E-state index is 10.6. The summed E-state index contributed by atoms with van der Waals surface area (Å²) in [5, 5.41) is 10.6. The van der Waals surface area contributed by atoms with Crippen LogP contribution in [-0.4, -0.2) is 36.8 Å². The summed E-state index contributed by atoms with van der Waals surface area (Å²) in [7, 11) is 1.67. The molecule has 1 N–H and O–H groups in total. The van der Waals surface area contributed by atoms with Crippen LogP contribution in [0.15, 0.2) is 18.2 Å². The second-order valence-corrected chi connectivity index (χ2v) is 6.43. The van der Waals surface area contributed by atoms with Crippen molar-refractivity contribution in [3.05, 3.63) is 29.3 Å². The molecule has 0 aromatic heterocycles. The highest BCUT2D eigenvalue weighted by atomic mass is 16.5. The quantitative estimate of drug-likeness (QED) is 0.917. The van der Waals surface area contributed by atoms with Gasteiger partial charge in [-0.25, -0.2) is 0 Å². The summed E-state index contributed by atoms with van der Waals surface area (Å²) in [6, 6.07) is 6.02. The van der Waals surface area contributed by atoms with Gasteiger partial charge in [0, 0.05) is 25.2 Å². The molecule has 3 rings (SSSR count). The van der Waals surface area contributed by atoms with E-state index in [2.05, 4.69) is 11.8 Å². The van der Waals surface area contributed by atoms with Crippen LogP contribution >= 0.6 is 0 Å². The van der Waals surface area contributed by atoms with E-state index in [1.807, 2.05) is 18.2 Å². The minimum atomic E-state index is -0.455. The van der Waals surface area contributed by atoms with Crippen LogP contribution in [0.2, 0.25) is 0 Å². The molecule has 1 aliphatic carbocycles. The minimum Gasteiger partial charge on any atom is -0.496 e. The summed E-state index contributed by atoms with van der Waals surface area (Å²) >= 11 is 0. The standard InChI is InChI=1S/C17H25NO2/c1-12-6-7-17(20-2)15(8-12)16(19)11-18-9-13-4-3-5-14(13)10-18/h6-8,13-14,16,19H,3-5,9-11H2,1-2H3. The average molecular weight is 275 g/mol. The number of nitrogens with zero attached hydrogens (tertiary/aromatic N) is 1. The topological polar surface area (TPSA) is 32.7 Å². The number of benzene rings is 1. The van der Waals surface area contributed by atoms with E-state index in [9.17, 15) is 5.11 Å². The molecule has 3 atom stereocenters. The molecule has 2 fully saturated rings. The Labute approximate surface area is 121 Å². The lowest BCUT2D eigenvalue weighted by Gasteiger charge is -2.22. The van der Waals surface area contributed by atoms with Crippen molar-refractivity contribution in [3.63, 3.8) is 0 Å². The van der Waals surface area contributed by atoms with Crippen molar-refractivity contribution in [2.45, 2.75) is 32.3 Å². The van der Waals surface area contributed by atoms with E-state index in [4.69, 9.17) is 4.74 Å². The van der Waals surface area contributed by atoms with Gasteiger partial charge in [-0.2, -0.15) is 0 Å². The summed E-state index contributed by atoms with van der Waals surface area (Å²) in [6.07, 6.45) is 3.71. The van der Waals surface area contributed by atoms with Gasteiger partial charge in [-0.05, 0) is 43.7 Å². The second kappa shape index (κ2) is 5.74. The predicted molar refractivity (Wildman–Crippen MR) is 80.0 cm³/mol. The molecule has 0 amide bonds. The Morgan fingerprint density at radius 2 is 2.00 bits per heavy atom. The Morgan fingerprint density at radius 1 is 1.30 bits per heavy atom. The van der Waals surface area contributed by atoms with E-state index >= 15 is 0 Å². The van der Waals surface area contributed by atoms with Crippen molar-refractivity contribution in [1.29, 1.82) is 0 Å². The van der Waals surface area contributed by atoms with Gasteiger partial charge in [0.1, 0.15) is 5.75 Å². The maximum atomic E-state index is 10.6. The zero-order chi connectivity index (χ0) is 14.1. The molecule has 1 aromatic rings. The number of aryl methyl sites for hydroxylation is 1. The molecule has 0 bridgehead atoms. The van der Waals surface area contributed by atoms with Crippen LogP contribution in [-0.2, 0) is 0 Å². The first-order valence-corrected chi connectivity index (χ1v) is 7.72. The van der Waals surface area contributed by atoms with Crippen LogP contribution in [0, 0.1) is 18.8 Å². The first-order chi connectivity index (χ1) is 9.67. The van der Waals surface area contributed by atoms with Gasteiger partial charge in [-0.15, -0.1) is 0 Å². The first-order valence-electron chi connectivity index (χ1n) is 7.72. The Bertz CT molecular complexity index is 462. The number of fused-ring (bicyclic) bond motifs is 1. The molecule has 1 saturated carbocycles. The van der Waals surface area contributed by atoms with Gasteiger partial charge in [-0.3, -0.25) is 4.90 Å². The molecule has 110 valence electrons. The van der Waals surface area contributed by atoms with E-state index in [-0.39, 0.29) is 0 Å². The van der Waals surface area contributed by atoms with Gasteiger partial charge in [0.25, 0.3) is 0 Å². The van der Waals surface area contributed by atoms with Gasteiger partial charge in [0.15, 0.2) is 0 Å². The number of hydrogen-bond acceptors (Lipinski definition) is 3. The smallest absolute Gasteiger partial charge is 0.124 e. The molecule has 1 heterocycles. The zero-order valence-corrected chi connectivity index (χ0v) is 12.5. The third-order valence-electron chi connectivity index (χ3n) is 4.98. The molecule has 3 unspecified atom stereocenters. The number of methoxy groups -OCH3 is 1. The van der Waals surface area contributed by atoms with Crippen molar-refractivity contribution >= 4 is 0 Å². The van der Waals surface area contributed by atoms with Crippen LogP contribution in [0.4, 0.5) is 0 Å². The molecule has 0 spiro atoms. The van der Waals surface area contributed by atoms with Crippen LogP contribution in [0.25, 0.3) is 0 Å². The summed E-state index contributed by atoms with van der Waals surface area (Å²) in [6.45, 7) is 5.11. The highest BCUT2D eigenvalue weighted by molar-refractivity contribution is 5.38. The van der Waals surface area contributed by atoms with Crippen molar-refractivity contribution in [3.8, 4) is 5.75 Å². The molecule has 1 aliphatic heterocycles. The van der Waals surface area contributed by atoms with E-state index < -0.39 is 6.10 Å². The number of ether oxygens (including phenoxy) is 1. The summed E-state index contributed by atoms with van der Waals surface area (Å²) in [5.74, 6) is 2.55. The van der Waals surface area contributed by atoms with Crippen molar-refractivity contribution < 1.29 is 9.84 Å². The number of rotatable bonds is 4. The second-order valence-electron chi connectivity index (χ2n) is 6.43. The highest BCUT2D eigenvalue weighted by Crippen LogP contribution is 2.38. The van der Waals surface area contributed by atoms with Gasteiger partial charge in [-0.1, -0.05) is 18.1 Å². The van der Waals surface area contributed by atoms with Crippen LogP contribution < -0.4 is 4.74 Å². The maximum Gasteiger partial charge on any atom is 0.124 e. The Balaban J connectivity index is 1.67. The van der Waals surface area contributed by atoms with E-state index in [0.717, 1.165) is 48.3 Å². The number of aliphatic hydroxyl groups excluding tert-OH is 1. The fourth-order valence-corrected chi connectivity index (χ4v) is 3.94. The molecule has 20 heavy (non-hydrogen) atoms. The predicted octanol–water partition coefficient (Wildman–Crippen LogP) is 2.77. The lowest BCUT2D eigenvalue weighted by molar-refractivity contribution is 0.119. The van der Waals surface area contributed by atoms with Crippen LogP contribution in [0.3, 0.4) is 0 Å². The molecule has 3 heteroatoms. The minimum absolute atomic E-state index is 0.455. The van der Waals surface area contributed by atoms with Crippen molar-refractivity contribution in [2.24, 2.45) is 11.8 Å². The molecule has 1 aromatic carbocycles. The van der Waals surface area contributed by atoms with Crippen LogP contribution in [0.5, 0.6) is 5.75 Å². The molecule has 1 saturated heterocycles. The number of likely N-dealkylation sites (tertiary alicyclic amines) is 1. The summed E-state index contributed by atoms with van der Waals surface area (Å²) in [5.41, 5.74) is 2.09. The Hall–Kier alpha value is -1.06. The molecular weight excluding hydrogens is 250 g/mol. The van der Waals surface area contributed by atoms with E-state index in [0.29, 0.717) is 0 Å². The number of aliphatic hydroxyl groups is 1. The van der Waals surface area contributed by atoms with Crippen molar-refractivity contribution in [1.82, 2.24) is 4.90 Å². The lowest BCUT2D eigenvalue weighted by atomic mass is 10.0. The van der Waals surface area contributed by atoms with Crippen LogP contribution in [0.1, 0.15) is 36.5 Å². The molecule has 0 radical (unpaired) electrons. The normalized spacial score (nSPS) is 27.6. The third-order valence-corrected chi connectivity index (χ3v) is 4.98. The average Bonchev–Trinajstić information content (AvgIpc) is 2.99. The van der Waals surface area contributed by atoms with Crippen molar-refractivity contribution in [2.75, 3.05) is 26.7 Å². The monoisotopic (exact) mass is 275 g/mol. The summed E-state index contributed by atoms with van der Waals surface area (Å²) in [4.78, 5) is 2.43.